The van der Waals surface area contributed by atoms with Gasteiger partial charge in [-0.05, 0) is 24.0 Å². The monoisotopic (exact) mass is 444 g/mol. The van der Waals surface area contributed by atoms with E-state index in [2.05, 4.69) is 71.0 Å². The van der Waals surface area contributed by atoms with Gasteiger partial charge in [-0.2, -0.15) is 0 Å². The number of guanidine groups is 1. The number of thiazole rings is 1. The summed E-state index contributed by atoms with van der Waals surface area (Å²) in [6.07, 6.45) is 0. The molecule has 1 aromatic heterocycles. The summed E-state index contributed by atoms with van der Waals surface area (Å²) in [5.74, 6) is 1.27. The van der Waals surface area contributed by atoms with Gasteiger partial charge >= 0.3 is 0 Å². The van der Waals surface area contributed by atoms with Crippen LogP contribution in [0.4, 0.5) is 0 Å². The molecule has 23 heavy (non-hydrogen) atoms. The third-order valence-corrected chi connectivity index (χ3v) is 4.37. The maximum Gasteiger partial charge on any atom is 0.191 e. The van der Waals surface area contributed by atoms with Crippen molar-refractivity contribution in [1.29, 1.82) is 0 Å². The third-order valence-electron chi connectivity index (χ3n) is 3.50. The second-order valence-corrected chi connectivity index (χ2v) is 6.47. The first-order valence-electron chi connectivity index (χ1n) is 7.53. The standard InChI is InChI=1S/C17H24N4S.HI/c1-12(2)15-11-22-16(21-15)10-20-17(18-4)19-9-14-8-6-5-7-13(14)3;/h5-8,11-12H,9-10H2,1-4H3,(H2,18,19,20);1H. The molecule has 0 fully saturated rings. The molecular weight excluding hydrogens is 419 g/mol. The van der Waals surface area contributed by atoms with E-state index in [0.717, 1.165) is 23.2 Å². The summed E-state index contributed by atoms with van der Waals surface area (Å²) in [4.78, 5) is 8.88. The Morgan fingerprint density at radius 1 is 1.22 bits per heavy atom. The zero-order valence-corrected chi connectivity index (χ0v) is 17.2. The van der Waals surface area contributed by atoms with Gasteiger partial charge in [-0.3, -0.25) is 4.99 Å². The number of nitrogens with one attached hydrogen (secondary N) is 2. The van der Waals surface area contributed by atoms with Crippen LogP contribution in [0.25, 0.3) is 0 Å². The van der Waals surface area contributed by atoms with Crippen molar-refractivity contribution >= 4 is 41.3 Å². The molecule has 1 aromatic carbocycles. The maximum absolute atomic E-state index is 4.62. The number of aliphatic imine (C=N–C) groups is 1. The van der Waals surface area contributed by atoms with Crippen molar-refractivity contribution in [2.45, 2.75) is 39.8 Å². The molecule has 0 saturated heterocycles. The summed E-state index contributed by atoms with van der Waals surface area (Å²) in [7, 11) is 1.79. The van der Waals surface area contributed by atoms with Crippen molar-refractivity contribution in [1.82, 2.24) is 15.6 Å². The minimum Gasteiger partial charge on any atom is -0.352 e. The topological polar surface area (TPSA) is 49.3 Å². The van der Waals surface area contributed by atoms with E-state index in [0.29, 0.717) is 12.5 Å². The Balaban J connectivity index is 0.00000264. The van der Waals surface area contributed by atoms with Gasteiger partial charge in [0, 0.05) is 19.0 Å². The van der Waals surface area contributed by atoms with Crippen molar-refractivity contribution < 1.29 is 0 Å². The molecule has 2 N–H and O–H groups in total. The Hall–Kier alpha value is -1.15. The van der Waals surface area contributed by atoms with Crippen LogP contribution in [0, 0.1) is 6.92 Å². The summed E-state index contributed by atoms with van der Waals surface area (Å²) < 4.78 is 0. The highest BCUT2D eigenvalue weighted by Crippen LogP contribution is 2.17. The summed E-state index contributed by atoms with van der Waals surface area (Å²) in [6.45, 7) is 7.91. The van der Waals surface area contributed by atoms with Crippen LogP contribution in [0.1, 0.15) is 41.6 Å². The number of hydrogen-bond acceptors (Lipinski definition) is 3. The minimum atomic E-state index is 0. The summed E-state index contributed by atoms with van der Waals surface area (Å²) in [6, 6.07) is 8.37. The summed E-state index contributed by atoms with van der Waals surface area (Å²) in [5.41, 5.74) is 3.72. The maximum atomic E-state index is 4.62. The predicted octanol–water partition coefficient (Wildman–Crippen LogP) is 4.06. The van der Waals surface area contributed by atoms with Gasteiger partial charge in [-0.25, -0.2) is 4.98 Å². The first-order chi connectivity index (χ1) is 10.6. The second kappa shape index (κ2) is 9.87. The van der Waals surface area contributed by atoms with Gasteiger partial charge in [0.2, 0.25) is 0 Å². The molecule has 0 radical (unpaired) electrons. The predicted molar refractivity (Wildman–Crippen MR) is 110 cm³/mol. The lowest BCUT2D eigenvalue weighted by atomic mass is 10.1. The van der Waals surface area contributed by atoms with Crippen molar-refractivity contribution in [3.8, 4) is 0 Å². The fourth-order valence-electron chi connectivity index (χ4n) is 2.04. The van der Waals surface area contributed by atoms with Crippen LogP contribution in [0.5, 0.6) is 0 Å². The van der Waals surface area contributed by atoms with E-state index >= 15 is 0 Å². The number of aromatic nitrogens is 1. The average Bonchev–Trinajstić information content (AvgIpc) is 2.98. The number of benzene rings is 1. The highest BCUT2D eigenvalue weighted by Gasteiger charge is 2.06. The van der Waals surface area contributed by atoms with Gasteiger partial charge in [0.05, 0.1) is 12.2 Å². The molecule has 126 valence electrons. The van der Waals surface area contributed by atoms with Gasteiger partial charge in [-0.15, -0.1) is 35.3 Å². The normalized spacial score (nSPS) is 11.3. The Labute approximate surface area is 159 Å². The average molecular weight is 444 g/mol. The van der Waals surface area contributed by atoms with Gasteiger partial charge in [0.15, 0.2) is 5.96 Å². The van der Waals surface area contributed by atoms with Gasteiger partial charge in [-0.1, -0.05) is 38.1 Å². The Kier molecular flexibility index (Phi) is 8.54. The van der Waals surface area contributed by atoms with Gasteiger partial charge in [0.1, 0.15) is 5.01 Å². The molecule has 0 spiro atoms. The van der Waals surface area contributed by atoms with Crippen molar-refractivity contribution in [2.24, 2.45) is 4.99 Å². The Morgan fingerprint density at radius 2 is 1.91 bits per heavy atom. The number of aryl methyl sites for hydroxylation is 1. The quantitative estimate of drug-likeness (QED) is 0.416. The number of hydrogen-bond donors (Lipinski definition) is 2. The highest BCUT2D eigenvalue weighted by atomic mass is 127. The minimum absolute atomic E-state index is 0. The fourth-order valence-corrected chi connectivity index (χ4v) is 2.93. The SMILES string of the molecule is CN=C(NCc1nc(C(C)C)cs1)NCc1ccccc1C.I. The van der Waals surface area contributed by atoms with E-state index in [1.54, 1.807) is 18.4 Å². The van der Waals surface area contributed by atoms with Crippen LogP contribution < -0.4 is 10.6 Å². The molecule has 6 heteroatoms. The zero-order valence-electron chi connectivity index (χ0n) is 14.1. The Bertz CT molecular complexity index is 637. The van der Waals surface area contributed by atoms with E-state index in [1.165, 1.54) is 11.1 Å². The molecule has 0 aliphatic heterocycles. The molecular formula is C17H25IN4S. The van der Waals surface area contributed by atoms with Crippen molar-refractivity contribution in [2.75, 3.05) is 7.05 Å². The lowest BCUT2D eigenvalue weighted by Crippen LogP contribution is -2.36. The molecule has 2 aromatic rings. The molecule has 4 nitrogen and oxygen atoms in total. The number of rotatable bonds is 5. The smallest absolute Gasteiger partial charge is 0.191 e. The lowest BCUT2D eigenvalue weighted by molar-refractivity contribution is 0.784. The molecule has 0 saturated carbocycles. The summed E-state index contributed by atoms with van der Waals surface area (Å²) >= 11 is 1.69. The van der Waals surface area contributed by atoms with Crippen LogP contribution >= 0.6 is 35.3 Å². The zero-order chi connectivity index (χ0) is 15.9. The molecule has 0 bridgehead atoms. The molecule has 2 rings (SSSR count). The molecule has 1 heterocycles. The van der Waals surface area contributed by atoms with Crippen LogP contribution in [0.3, 0.4) is 0 Å². The van der Waals surface area contributed by atoms with Crippen molar-refractivity contribution in [3.05, 3.63) is 51.5 Å². The van der Waals surface area contributed by atoms with Gasteiger partial charge in [0.25, 0.3) is 0 Å². The van der Waals surface area contributed by atoms with Crippen LogP contribution in [0.15, 0.2) is 34.6 Å². The molecule has 0 aliphatic rings. The van der Waals surface area contributed by atoms with E-state index in [-0.39, 0.29) is 24.0 Å². The third kappa shape index (κ3) is 6.10. The Morgan fingerprint density at radius 3 is 2.52 bits per heavy atom. The van der Waals surface area contributed by atoms with Crippen molar-refractivity contribution in [3.63, 3.8) is 0 Å². The second-order valence-electron chi connectivity index (χ2n) is 5.53. The molecule has 0 unspecified atom stereocenters. The fraction of sp³-hybridized carbons (Fsp3) is 0.412. The number of nitrogens with zero attached hydrogens (tertiary/aromatic N) is 2. The van der Waals surface area contributed by atoms with E-state index in [4.69, 9.17) is 0 Å². The highest BCUT2D eigenvalue weighted by molar-refractivity contribution is 14.0. The van der Waals surface area contributed by atoms with E-state index in [1.807, 2.05) is 0 Å². The first-order valence-corrected chi connectivity index (χ1v) is 8.41. The summed E-state index contributed by atoms with van der Waals surface area (Å²) in [5, 5.41) is 9.87. The molecule has 0 aliphatic carbocycles. The molecule has 0 amide bonds. The van der Waals surface area contributed by atoms with Crippen LogP contribution in [0.2, 0.25) is 0 Å². The first kappa shape index (κ1) is 19.9. The molecule has 0 atom stereocenters. The van der Waals surface area contributed by atoms with Gasteiger partial charge < -0.3 is 10.6 Å². The van der Waals surface area contributed by atoms with Crippen LogP contribution in [-0.4, -0.2) is 18.0 Å². The lowest BCUT2D eigenvalue weighted by Gasteiger charge is -2.12. The van der Waals surface area contributed by atoms with E-state index < -0.39 is 0 Å². The van der Waals surface area contributed by atoms with E-state index in [9.17, 15) is 0 Å². The number of halogens is 1. The van der Waals surface area contributed by atoms with Crippen LogP contribution in [-0.2, 0) is 13.1 Å². The largest absolute Gasteiger partial charge is 0.352 e.